The molecule has 0 radical (unpaired) electrons. The molecular formula is C17H26NNaO2. The van der Waals surface area contributed by atoms with Gasteiger partial charge >= 0.3 is 29.6 Å². The number of rotatable bonds is 1. The van der Waals surface area contributed by atoms with Crippen LogP contribution in [0.3, 0.4) is 0 Å². The molecule has 4 heteroatoms. The molecule has 1 aliphatic rings. The van der Waals surface area contributed by atoms with Crippen molar-refractivity contribution in [3.8, 4) is 0 Å². The fourth-order valence-corrected chi connectivity index (χ4v) is 1.91. The summed E-state index contributed by atoms with van der Waals surface area (Å²) in [4.78, 5) is 13.3. The van der Waals surface area contributed by atoms with Crippen LogP contribution in [0, 0.1) is 0 Å². The van der Waals surface area contributed by atoms with Crippen LogP contribution in [0.2, 0.25) is 0 Å². The molecule has 0 saturated carbocycles. The summed E-state index contributed by atoms with van der Waals surface area (Å²) in [5, 5.41) is 10.1. The van der Waals surface area contributed by atoms with Crippen LogP contribution in [0.1, 0.15) is 53.5 Å². The number of hydrogen-bond donors (Lipinski definition) is 0. The maximum absolute atomic E-state index is 11.4. The smallest absolute Gasteiger partial charge is 0.850 e. The first kappa shape index (κ1) is 20.6. The van der Waals surface area contributed by atoms with Gasteiger partial charge < -0.3 is 10.0 Å². The van der Waals surface area contributed by atoms with Gasteiger partial charge in [-0.3, -0.25) is 4.79 Å². The quantitative estimate of drug-likeness (QED) is 0.535. The molecule has 0 spiro atoms. The number of carbonyl (C=O) groups excluding carboxylic acids is 1. The molecule has 1 amide bonds. The Balaban J connectivity index is 0.000000583. The molecule has 1 aromatic carbocycles. The van der Waals surface area contributed by atoms with Gasteiger partial charge in [-0.25, -0.2) is 0 Å². The molecule has 2 rings (SSSR count). The van der Waals surface area contributed by atoms with Crippen LogP contribution < -0.4 is 39.6 Å². The average molecular weight is 299 g/mol. The number of amides is 1. The summed E-state index contributed by atoms with van der Waals surface area (Å²) in [5.74, 6) is 0.242. The standard InChI is InChI=1S/C13H17NO.C4H9O.Na/c1-13(2,3)10-6-4-5-7-11(10)14-9-8-12(14)15;1-4(2,3)5;/h4-7H,8-9H2,1-3H3;1-3H3;/q;-1;+1. The number of β-lactam (4-membered cyclic amide) rings is 1. The molecule has 0 unspecified atom stereocenters. The van der Waals surface area contributed by atoms with E-state index in [1.54, 1.807) is 20.8 Å². The molecule has 0 bridgehead atoms. The van der Waals surface area contributed by atoms with Crippen molar-refractivity contribution >= 4 is 11.6 Å². The first-order valence-electron chi connectivity index (χ1n) is 7.10. The minimum atomic E-state index is -0.750. The first-order valence-corrected chi connectivity index (χ1v) is 7.10. The second kappa shape index (κ2) is 7.77. The third kappa shape index (κ3) is 6.96. The van der Waals surface area contributed by atoms with Crippen molar-refractivity contribution in [1.82, 2.24) is 0 Å². The molecule has 1 heterocycles. The summed E-state index contributed by atoms with van der Waals surface area (Å²) in [6.45, 7) is 12.3. The first-order chi connectivity index (χ1) is 9.00. The van der Waals surface area contributed by atoms with E-state index in [0.717, 1.165) is 12.2 Å². The molecule has 1 aromatic rings. The van der Waals surface area contributed by atoms with Gasteiger partial charge in [-0.15, -0.1) is 5.60 Å². The molecule has 3 nitrogen and oxygen atoms in total. The maximum atomic E-state index is 11.4. The van der Waals surface area contributed by atoms with Gasteiger partial charge in [0.2, 0.25) is 5.91 Å². The fourth-order valence-electron chi connectivity index (χ4n) is 1.91. The van der Waals surface area contributed by atoms with Crippen molar-refractivity contribution in [1.29, 1.82) is 0 Å². The number of anilines is 1. The van der Waals surface area contributed by atoms with Gasteiger partial charge in [0.05, 0.1) is 0 Å². The van der Waals surface area contributed by atoms with Crippen molar-refractivity contribution in [2.45, 2.75) is 59.0 Å². The Morgan fingerprint density at radius 3 is 1.86 bits per heavy atom. The van der Waals surface area contributed by atoms with Gasteiger partial charge in [0.1, 0.15) is 0 Å². The Kier molecular flexibility index (Phi) is 7.64. The molecule has 112 valence electrons. The number of nitrogens with zero attached hydrogens (tertiary/aromatic N) is 1. The number of hydrogen-bond acceptors (Lipinski definition) is 2. The maximum Gasteiger partial charge on any atom is 1.00 e. The minimum absolute atomic E-state index is 0. The van der Waals surface area contributed by atoms with Crippen LogP contribution in [0.15, 0.2) is 24.3 Å². The Morgan fingerprint density at radius 2 is 1.52 bits per heavy atom. The van der Waals surface area contributed by atoms with Gasteiger partial charge in [0.15, 0.2) is 0 Å². The third-order valence-electron chi connectivity index (χ3n) is 2.85. The second-order valence-corrected chi connectivity index (χ2v) is 7.17. The zero-order valence-corrected chi connectivity index (χ0v) is 16.5. The van der Waals surface area contributed by atoms with Crippen LogP contribution >= 0.6 is 0 Å². The van der Waals surface area contributed by atoms with Crippen molar-refractivity contribution in [3.63, 3.8) is 0 Å². The summed E-state index contributed by atoms with van der Waals surface area (Å²) >= 11 is 0. The Morgan fingerprint density at radius 1 is 1.05 bits per heavy atom. The largest absolute Gasteiger partial charge is 1.00 e. The van der Waals surface area contributed by atoms with Crippen LogP contribution in [0.5, 0.6) is 0 Å². The van der Waals surface area contributed by atoms with Crippen molar-refractivity contribution in [3.05, 3.63) is 29.8 Å². The van der Waals surface area contributed by atoms with E-state index in [4.69, 9.17) is 0 Å². The molecule has 1 saturated heterocycles. The van der Waals surface area contributed by atoms with E-state index in [9.17, 15) is 9.90 Å². The second-order valence-electron chi connectivity index (χ2n) is 7.17. The number of benzene rings is 1. The fraction of sp³-hybridized carbons (Fsp3) is 0.588. The molecule has 21 heavy (non-hydrogen) atoms. The minimum Gasteiger partial charge on any atom is -0.850 e. The predicted molar refractivity (Wildman–Crippen MR) is 81.9 cm³/mol. The van der Waals surface area contributed by atoms with Crippen molar-refractivity contribution in [2.75, 3.05) is 11.4 Å². The van der Waals surface area contributed by atoms with Crippen molar-refractivity contribution in [2.24, 2.45) is 0 Å². The Bertz CT molecular complexity index is 466. The summed E-state index contributed by atoms with van der Waals surface area (Å²) in [6, 6.07) is 8.18. The van der Waals surface area contributed by atoms with E-state index < -0.39 is 5.60 Å². The molecule has 0 aliphatic carbocycles. The van der Waals surface area contributed by atoms with E-state index in [-0.39, 0.29) is 40.9 Å². The van der Waals surface area contributed by atoms with Crippen molar-refractivity contribution < 1.29 is 39.5 Å². The molecule has 0 N–H and O–H groups in total. The van der Waals surface area contributed by atoms with Gasteiger partial charge in [0, 0.05) is 18.7 Å². The van der Waals surface area contributed by atoms with E-state index in [2.05, 4.69) is 26.8 Å². The van der Waals surface area contributed by atoms with Crippen LogP contribution in [-0.2, 0) is 10.2 Å². The molecule has 0 aromatic heterocycles. The molecule has 1 aliphatic heterocycles. The molecule has 0 atom stereocenters. The van der Waals surface area contributed by atoms with E-state index >= 15 is 0 Å². The molecule has 1 fully saturated rings. The summed E-state index contributed by atoms with van der Waals surface area (Å²) in [7, 11) is 0. The topological polar surface area (TPSA) is 43.4 Å². The predicted octanol–water partition coefficient (Wildman–Crippen LogP) is -0.130. The Hall–Kier alpha value is -0.350. The number of carbonyl (C=O) groups is 1. The number of para-hydroxylation sites is 1. The molecular weight excluding hydrogens is 273 g/mol. The van der Waals surface area contributed by atoms with Crippen LogP contribution in [0.4, 0.5) is 5.69 Å². The van der Waals surface area contributed by atoms with E-state index in [1.807, 2.05) is 23.1 Å². The Labute approximate surface area is 151 Å². The zero-order valence-electron chi connectivity index (χ0n) is 14.5. The summed E-state index contributed by atoms with van der Waals surface area (Å²) in [5.41, 5.74) is 1.67. The van der Waals surface area contributed by atoms with Crippen LogP contribution in [-0.4, -0.2) is 18.1 Å². The van der Waals surface area contributed by atoms with E-state index in [1.165, 1.54) is 5.56 Å². The SMILES string of the molecule is CC(C)(C)[O-].CC(C)(C)c1ccccc1N1CCC1=O.[Na+]. The summed E-state index contributed by atoms with van der Waals surface area (Å²) < 4.78 is 0. The normalized spacial score (nSPS) is 14.6. The van der Waals surface area contributed by atoms with Gasteiger partial charge in [-0.1, -0.05) is 59.7 Å². The van der Waals surface area contributed by atoms with Gasteiger partial charge in [0.25, 0.3) is 0 Å². The average Bonchev–Trinajstić information content (AvgIpc) is 2.24. The van der Waals surface area contributed by atoms with Gasteiger partial charge in [-0.05, 0) is 17.0 Å². The third-order valence-corrected chi connectivity index (χ3v) is 2.85. The summed E-state index contributed by atoms with van der Waals surface area (Å²) in [6.07, 6.45) is 0.693. The monoisotopic (exact) mass is 299 g/mol. The zero-order chi connectivity index (χ0) is 15.6. The van der Waals surface area contributed by atoms with E-state index in [0.29, 0.717) is 6.42 Å². The van der Waals surface area contributed by atoms with Crippen LogP contribution in [0.25, 0.3) is 0 Å². The van der Waals surface area contributed by atoms with Gasteiger partial charge in [-0.2, -0.15) is 0 Å².